The number of amides is 1. The molecular weight excluding hydrogens is 314 g/mol. The number of thiazole rings is 1. The van der Waals surface area contributed by atoms with Gasteiger partial charge in [-0.05, 0) is 37.6 Å². The molecule has 3 N–H and O–H groups in total. The number of hydrogen-bond donors (Lipinski definition) is 3. The third-order valence-corrected chi connectivity index (χ3v) is 4.42. The highest BCUT2D eigenvalue weighted by atomic mass is 32.1. The standard InChI is InChI=1S/C16H15N3O3S/c1-9-8-17-16(10(9)2)22-11-3-4-12-13(7-11)23-15(18-12)6-5-14(20)19-21/h3-8,17,21H,1-2H3,(H,19,20)/b6-5+. The van der Waals surface area contributed by atoms with Crippen LogP contribution in [0.25, 0.3) is 16.3 Å². The number of H-pyrrole nitrogens is 1. The predicted octanol–water partition coefficient (Wildman–Crippen LogP) is 3.55. The van der Waals surface area contributed by atoms with Gasteiger partial charge in [-0.1, -0.05) is 0 Å². The van der Waals surface area contributed by atoms with Crippen LogP contribution in [0, 0.1) is 13.8 Å². The van der Waals surface area contributed by atoms with E-state index >= 15 is 0 Å². The van der Waals surface area contributed by atoms with Gasteiger partial charge >= 0.3 is 0 Å². The van der Waals surface area contributed by atoms with Crippen LogP contribution in [0.4, 0.5) is 0 Å². The Morgan fingerprint density at radius 2 is 2.26 bits per heavy atom. The molecule has 6 nitrogen and oxygen atoms in total. The van der Waals surface area contributed by atoms with Gasteiger partial charge in [0.15, 0.2) is 0 Å². The van der Waals surface area contributed by atoms with E-state index in [9.17, 15) is 4.79 Å². The summed E-state index contributed by atoms with van der Waals surface area (Å²) in [6, 6.07) is 5.63. The van der Waals surface area contributed by atoms with E-state index in [4.69, 9.17) is 9.94 Å². The number of carbonyl (C=O) groups excluding carboxylic acids is 1. The number of benzene rings is 1. The van der Waals surface area contributed by atoms with Crippen LogP contribution >= 0.6 is 11.3 Å². The maximum absolute atomic E-state index is 11.0. The van der Waals surface area contributed by atoms with Gasteiger partial charge in [0, 0.05) is 23.9 Å². The van der Waals surface area contributed by atoms with Gasteiger partial charge in [-0.25, -0.2) is 10.5 Å². The lowest BCUT2D eigenvalue weighted by Gasteiger charge is -2.04. The minimum atomic E-state index is -0.592. The van der Waals surface area contributed by atoms with Crippen molar-refractivity contribution in [1.82, 2.24) is 15.4 Å². The Morgan fingerprint density at radius 3 is 2.96 bits per heavy atom. The van der Waals surface area contributed by atoms with E-state index in [2.05, 4.69) is 9.97 Å². The van der Waals surface area contributed by atoms with Gasteiger partial charge in [-0.2, -0.15) is 0 Å². The van der Waals surface area contributed by atoms with Crippen molar-refractivity contribution in [3.05, 3.63) is 46.6 Å². The largest absolute Gasteiger partial charge is 0.441 e. The maximum atomic E-state index is 11.0. The van der Waals surface area contributed by atoms with Crippen LogP contribution in [0.15, 0.2) is 30.5 Å². The molecule has 0 unspecified atom stereocenters. The Kier molecular flexibility index (Phi) is 4.14. The van der Waals surface area contributed by atoms with Crippen LogP contribution in [0.2, 0.25) is 0 Å². The number of hydroxylamine groups is 1. The molecule has 0 aliphatic rings. The molecular formula is C16H15N3O3S. The molecule has 2 aromatic heterocycles. The smallest absolute Gasteiger partial charge is 0.267 e. The summed E-state index contributed by atoms with van der Waals surface area (Å²) in [6.07, 6.45) is 4.68. The number of nitrogens with zero attached hydrogens (tertiary/aromatic N) is 1. The molecule has 0 fully saturated rings. The summed E-state index contributed by atoms with van der Waals surface area (Å²) >= 11 is 1.43. The summed E-state index contributed by atoms with van der Waals surface area (Å²) in [7, 11) is 0. The normalized spacial score (nSPS) is 11.3. The van der Waals surface area contributed by atoms with E-state index in [1.807, 2.05) is 38.2 Å². The van der Waals surface area contributed by atoms with Crippen molar-refractivity contribution in [2.45, 2.75) is 13.8 Å². The van der Waals surface area contributed by atoms with Crippen LogP contribution < -0.4 is 10.2 Å². The first kappa shape index (κ1) is 15.3. The number of aromatic amines is 1. The fourth-order valence-electron chi connectivity index (χ4n) is 2.04. The molecule has 7 heteroatoms. The first-order chi connectivity index (χ1) is 11.1. The summed E-state index contributed by atoms with van der Waals surface area (Å²) in [4.78, 5) is 18.5. The average Bonchev–Trinajstić information content (AvgIpc) is 3.10. The zero-order valence-electron chi connectivity index (χ0n) is 12.6. The first-order valence-electron chi connectivity index (χ1n) is 6.92. The zero-order valence-corrected chi connectivity index (χ0v) is 13.4. The third kappa shape index (κ3) is 3.25. The molecule has 0 spiro atoms. The second-order valence-electron chi connectivity index (χ2n) is 5.02. The highest BCUT2D eigenvalue weighted by Crippen LogP contribution is 2.31. The monoisotopic (exact) mass is 329 g/mol. The van der Waals surface area contributed by atoms with E-state index in [-0.39, 0.29) is 0 Å². The number of fused-ring (bicyclic) bond motifs is 1. The second kappa shape index (κ2) is 6.23. The van der Waals surface area contributed by atoms with Crippen molar-refractivity contribution in [1.29, 1.82) is 0 Å². The van der Waals surface area contributed by atoms with Crippen LogP contribution in [0.3, 0.4) is 0 Å². The lowest BCUT2D eigenvalue weighted by molar-refractivity contribution is -0.124. The molecule has 3 aromatic rings. The van der Waals surface area contributed by atoms with Gasteiger partial charge in [-0.15, -0.1) is 11.3 Å². The summed E-state index contributed by atoms with van der Waals surface area (Å²) < 4.78 is 6.82. The van der Waals surface area contributed by atoms with Gasteiger partial charge in [0.2, 0.25) is 5.88 Å². The van der Waals surface area contributed by atoms with E-state index in [1.165, 1.54) is 17.4 Å². The molecule has 0 aliphatic heterocycles. The number of hydrogen-bond acceptors (Lipinski definition) is 5. The number of carbonyl (C=O) groups is 1. The lowest BCUT2D eigenvalue weighted by atomic mass is 10.2. The Labute approximate surface area is 136 Å². The predicted molar refractivity (Wildman–Crippen MR) is 88.9 cm³/mol. The summed E-state index contributed by atoms with van der Waals surface area (Å²) in [5.74, 6) is 0.853. The first-order valence-corrected chi connectivity index (χ1v) is 7.73. The van der Waals surface area contributed by atoms with Crippen molar-refractivity contribution in [3.8, 4) is 11.6 Å². The molecule has 0 atom stereocenters. The highest BCUT2D eigenvalue weighted by Gasteiger charge is 2.08. The molecule has 23 heavy (non-hydrogen) atoms. The summed E-state index contributed by atoms with van der Waals surface area (Å²) in [6.45, 7) is 4.02. The number of rotatable bonds is 4. The quantitative estimate of drug-likeness (QED) is 0.388. The van der Waals surface area contributed by atoms with Crippen molar-refractivity contribution in [3.63, 3.8) is 0 Å². The molecule has 1 aromatic carbocycles. The number of nitrogens with one attached hydrogen (secondary N) is 2. The summed E-state index contributed by atoms with van der Waals surface area (Å²) in [5.41, 5.74) is 4.59. The molecule has 0 saturated carbocycles. The fraction of sp³-hybridized carbons (Fsp3) is 0.125. The number of ether oxygens (including phenoxy) is 1. The molecule has 0 bridgehead atoms. The minimum Gasteiger partial charge on any atom is -0.441 e. The molecule has 118 valence electrons. The molecule has 1 amide bonds. The molecule has 3 rings (SSSR count). The molecule has 0 radical (unpaired) electrons. The topological polar surface area (TPSA) is 87.2 Å². The Hall–Kier alpha value is -2.64. The van der Waals surface area contributed by atoms with Crippen LogP contribution in [-0.4, -0.2) is 21.1 Å². The van der Waals surface area contributed by atoms with Crippen LogP contribution in [0.1, 0.15) is 16.1 Å². The lowest BCUT2D eigenvalue weighted by Crippen LogP contribution is -2.14. The summed E-state index contributed by atoms with van der Waals surface area (Å²) in [5, 5.41) is 9.14. The van der Waals surface area contributed by atoms with Crippen molar-refractivity contribution < 1.29 is 14.7 Å². The second-order valence-corrected chi connectivity index (χ2v) is 6.08. The minimum absolute atomic E-state index is 0.592. The molecule has 2 heterocycles. The average molecular weight is 329 g/mol. The van der Waals surface area contributed by atoms with Gasteiger partial charge in [0.05, 0.1) is 10.2 Å². The third-order valence-electron chi connectivity index (χ3n) is 3.44. The van der Waals surface area contributed by atoms with Crippen LogP contribution in [-0.2, 0) is 4.79 Å². The van der Waals surface area contributed by atoms with E-state index < -0.39 is 5.91 Å². The molecule has 0 saturated heterocycles. The Balaban J connectivity index is 1.85. The van der Waals surface area contributed by atoms with Crippen molar-refractivity contribution in [2.75, 3.05) is 0 Å². The zero-order chi connectivity index (χ0) is 16.4. The maximum Gasteiger partial charge on any atom is 0.267 e. The number of aryl methyl sites for hydroxylation is 1. The highest BCUT2D eigenvalue weighted by molar-refractivity contribution is 7.19. The Bertz CT molecular complexity index is 895. The Morgan fingerprint density at radius 1 is 1.43 bits per heavy atom. The SMILES string of the molecule is Cc1c[nH]c(Oc2ccc3nc(/C=C/C(=O)NO)sc3c2)c1C. The van der Waals surface area contributed by atoms with Gasteiger partial charge in [0.25, 0.3) is 5.91 Å². The van der Waals surface area contributed by atoms with Crippen molar-refractivity contribution >= 4 is 33.5 Å². The fourth-order valence-corrected chi connectivity index (χ4v) is 2.93. The number of aromatic nitrogens is 2. The van der Waals surface area contributed by atoms with Crippen LogP contribution in [0.5, 0.6) is 11.6 Å². The van der Waals surface area contributed by atoms with E-state index in [0.717, 1.165) is 33.0 Å². The van der Waals surface area contributed by atoms with Crippen molar-refractivity contribution in [2.24, 2.45) is 0 Å². The van der Waals surface area contributed by atoms with E-state index in [0.29, 0.717) is 5.01 Å². The van der Waals surface area contributed by atoms with E-state index in [1.54, 1.807) is 11.6 Å². The molecule has 0 aliphatic carbocycles. The van der Waals surface area contributed by atoms with Gasteiger partial charge in [-0.3, -0.25) is 10.0 Å². The van der Waals surface area contributed by atoms with Gasteiger partial charge < -0.3 is 9.72 Å². The van der Waals surface area contributed by atoms with Gasteiger partial charge in [0.1, 0.15) is 10.8 Å².